The van der Waals surface area contributed by atoms with E-state index in [-0.39, 0.29) is 23.8 Å². The first-order valence-electron chi connectivity index (χ1n) is 12.3. The van der Waals surface area contributed by atoms with E-state index in [1.807, 2.05) is 12.1 Å². The number of nitrogens with zero attached hydrogens (tertiary/aromatic N) is 2. The van der Waals surface area contributed by atoms with Crippen LogP contribution in [-0.4, -0.2) is 60.4 Å². The first kappa shape index (κ1) is 23.5. The zero-order chi connectivity index (χ0) is 22.7. The normalized spacial score (nSPS) is 23.5. The van der Waals surface area contributed by atoms with E-state index in [1.165, 1.54) is 12.8 Å². The Balaban J connectivity index is 1.38. The first-order valence-corrected chi connectivity index (χ1v) is 12.6. The monoisotopic (exact) mass is 460 g/mol. The Labute approximate surface area is 197 Å². The standard InChI is InChI=1S/C25H37ClN4O2/c1-17-15-29(11-12-30(17)25(32)20-5-3-4-6-20)16-21-13-22(26)14-23(18(21)2)28-24(31)19-7-9-27-10-8-19/h13-14,17,19-20,27H,3-12,15-16H2,1-2H3,(H,28,31)/t17-/m0/s1. The number of anilines is 1. The van der Waals surface area contributed by atoms with Crippen LogP contribution in [0.3, 0.4) is 0 Å². The van der Waals surface area contributed by atoms with Crippen molar-refractivity contribution in [3.05, 3.63) is 28.3 Å². The summed E-state index contributed by atoms with van der Waals surface area (Å²) in [4.78, 5) is 30.2. The second kappa shape index (κ2) is 10.5. The lowest BCUT2D eigenvalue weighted by atomic mass is 9.96. The maximum absolute atomic E-state index is 12.9. The number of hydrogen-bond acceptors (Lipinski definition) is 4. The number of benzene rings is 1. The lowest BCUT2D eigenvalue weighted by Gasteiger charge is -2.41. The van der Waals surface area contributed by atoms with Gasteiger partial charge in [0.05, 0.1) is 0 Å². The zero-order valence-corrected chi connectivity index (χ0v) is 20.2. The molecule has 0 aromatic heterocycles. The Morgan fingerprint density at radius 2 is 1.81 bits per heavy atom. The fourth-order valence-electron chi connectivity index (χ4n) is 5.50. The molecule has 176 valence electrons. The number of carbonyl (C=O) groups is 2. The average molecular weight is 461 g/mol. The SMILES string of the molecule is Cc1c(CN2CCN(C(=O)C3CCCC3)[C@@H](C)C2)cc(Cl)cc1NC(=O)C1CCNCC1. The predicted octanol–water partition coefficient (Wildman–Crippen LogP) is 3.81. The Bertz CT molecular complexity index is 833. The lowest BCUT2D eigenvalue weighted by Crippen LogP contribution is -2.54. The minimum Gasteiger partial charge on any atom is -0.337 e. The Hall–Kier alpha value is -1.63. The van der Waals surface area contributed by atoms with E-state index in [9.17, 15) is 9.59 Å². The molecular weight excluding hydrogens is 424 g/mol. The van der Waals surface area contributed by atoms with E-state index >= 15 is 0 Å². The van der Waals surface area contributed by atoms with Crippen LogP contribution in [0.5, 0.6) is 0 Å². The van der Waals surface area contributed by atoms with E-state index in [0.29, 0.717) is 10.9 Å². The van der Waals surface area contributed by atoms with Crippen LogP contribution in [0, 0.1) is 18.8 Å². The molecule has 1 atom stereocenters. The van der Waals surface area contributed by atoms with E-state index in [4.69, 9.17) is 11.6 Å². The summed E-state index contributed by atoms with van der Waals surface area (Å²) in [7, 11) is 0. The molecule has 1 aromatic carbocycles. The zero-order valence-electron chi connectivity index (χ0n) is 19.5. The van der Waals surface area contributed by atoms with Crippen molar-refractivity contribution in [3.63, 3.8) is 0 Å². The molecular formula is C25H37ClN4O2. The predicted molar refractivity (Wildman–Crippen MR) is 129 cm³/mol. The third kappa shape index (κ3) is 5.46. The summed E-state index contributed by atoms with van der Waals surface area (Å²) in [6.07, 6.45) is 6.24. The second-order valence-corrected chi connectivity index (χ2v) is 10.3. The Kier molecular flexibility index (Phi) is 7.74. The van der Waals surface area contributed by atoms with Crippen molar-refractivity contribution in [3.8, 4) is 0 Å². The number of nitrogens with one attached hydrogen (secondary N) is 2. The summed E-state index contributed by atoms with van der Waals surface area (Å²) in [5.74, 6) is 0.752. The molecule has 0 unspecified atom stereocenters. The van der Waals surface area contributed by atoms with Gasteiger partial charge in [0.15, 0.2) is 0 Å². The van der Waals surface area contributed by atoms with Gasteiger partial charge in [-0.1, -0.05) is 24.4 Å². The molecule has 0 spiro atoms. The maximum Gasteiger partial charge on any atom is 0.227 e. The smallest absolute Gasteiger partial charge is 0.227 e. The molecule has 1 aliphatic carbocycles. The molecule has 3 aliphatic rings. The third-order valence-electron chi connectivity index (χ3n) is 7.54. The van der Waals surface area contributed by atoms with Crippen molar-refractivity contribution in [2.24, 2.45) is 11.8 Å². The molecule has 2 saturated heterocycles. The molecule has 2 N–H and O–H groups in total. The van der Waals surface area contributed by atoms with Crippen molar-refractivity contribution in [1.29, 1.82) is 0 Å². The second-order valence-electron chi connectivity index (χ2n) is 9.85. The summed E-state index contributed by atoms with van der Waals surface area (Å²) in [6, 6.07) is 4.09. The van der Waals surface area contributed by atoms with Gasteiger partial charge in [0.25, 0.3) is 0 Å². The summed E-state index contributed by atoms with van der Waals surface area (Å²) in [5, 5.41) is 7.09. The molecule has 0 bridgehead atoms. The molecule has 32 heavy (non-hydrogen) atoms. The van der Waals surface area contributed by atoms with Crippen molar-refractivity contribution >= 4 is 29.1 Å². The molecule has 2 aliphatic heterocycles. The Morgan fingerprint density at radius 3 is 2.50 bits per heavy atom. The van der Waals surface area contributed by atoms with Gasteiger partial charge in [0.1, 0.15) is 0 Å². The van der Waals surface area contributed by atoms with Crippen LogP contribution in [0.25, 0.3) is 0 Å². The fourth-order valence-corrected chi connectivity index (χ4v) is 5.74. The molecule has 4 rings (SSSR count). The van der Waals surface area contributed by atoms with Gasteiger partial charge in [0.2, 0.25) is 11.8 Å². The van der Waals surface area contributed by atoms with Crippen LogP contribution in [-0.2, 0) is 16.1 Å². The fraction of sp³-hybridized carbons (Fsp3) is 0.680. The van der Waals surface area contributed by atoms with Gasteiger partial charge in [0, 0.05) is 54.8 Å². The van der Waals surface area contributed by atoms with Gasteiger partial charge in [-0.05, 0) is 75.9 Å². The third-order valence-corrected chi connectivity index (χ3v) is 7.76. The summed E-state index contributed by atoms with van der Waals surface area (Å²) >= 11 is 6.44. The van der Waals surface area contributed by atoms with Crippen LogP contribution in [0.15, 0.2) is 12.1 Å². The molecule has 1 saturated carbocycles. The highest BCUT2D eigenvalue weighted by Crippen LogP contribution is 2.30. The highest BCUT2D eigenvalue weighted by atomic mass is 35.5. The summed E-state index contributed by atoms with van der Waals surface area (Å²) < 4.78 is 0. The van der Waals surface area contributed by atoms with Gasteiger partial charge in [-0.25, -0.2) is 0 Å². The largest absolute Gasteiger partial charge is 0.337 e. The molecule has 2 heterocycles. The average Bonchev–Trinajstić information content (AvgIpc) is 3.32. The summed E-state index contributed by atoms with van der Waals surface area (Å²) in [5.41, 5.74) is 3.04. The van der Waals surface area contributed by atoms with Crippen LogP contribution in [0.4, 0.5) is 5.69 Å². The maximum atomic E-state index is 12.9. The van der Waals surface area contributed by atoms with E-state index in [0.717, 1.165) is 81.8 Å². The van der Waals surface area contributed by atoms with Crippen LogP contribution >= 0.6 is 11.6 Å². The van der Waals surface area contributed by atoms with Crippen LogP contribution < -0.4 is 10.6 Å². The number of hydrogen-bond donors (Lipinski definition) is 2. The quantitative estimate of drug-likeness (QED) is 0.701. The number of carbonyl (C=O) groups excluding carboxylic acids is 2. The topological polar surface area (TPSA) is 64.7 Å². The molecule has 2 amide bonds. The molecule has 3 fully saturated rings. The molecule has 1 aromatic rings. The van der Waals surface area contributed by atoms with Gasteiger partial charge < -0.3 is 15.5 Å². The Morgan fingerprint density at radius 1 is 1.09 bits per heavy atom. The van der Waals surface area contributed by atoms with Gasteiger partial charge >= 0.3 is 0 Å². The van der Waals surface area contributed by atoms with E-state index in [1.54, 1.807) is 0 Å². The minimum absolute atomic E-state index is 0.0596. The first-order chi connectivity index (χ1) is 15.4. The van der Waals surface area contributed by atoms with Crippen LogP contribution in [0.1, 0.15) is 56.6 Å². The van der Waals surface area contributed by atoms with Gasteiger partial charge in [-0.2, -0.15) is 0 Å². The van der Waals surface area contributed by atoms with Crippen molar-refractivity contribution in [2.45, 2.75) is 65.0 Å². The number of halogens is 1. The van der Waals surface area contributed by atoms with Gasteiger partial charge in [-0.15, -0.1) is 0 Å². The minimum atomic E-state index is 0.0596. The number of piperazine rings is 1. The number of rotatable bonds is 5. The molecule has 7 heteroatoms. The van der Waals surface area contributed by atoms with Gasteiger partial charge in [-0.3, -0.25) is 14.5 Å². The molecule has 6 nitrogen and oxygen atoms in total. The van der Waals surface area contributed by atoms with Crippen molar-refractivity contribution in [2.75, 3.05) is 38.0 Å². The highest BCUT2D eigenvalue weighted by Gasteiger charge is 2.33. The van der Waals surface area contributed by atoms with E-state index < -0.39 is 0 Å². The van der Waals surface area contributed by atoms with Crippen molar-refractivity contribution in [1.82, 2.24) is 15.1 Å². The highest BCUT2D eigenvalue weighted by molar-refractivity contribution is 6.31. The number of piperidine rings is 1. The number of amides is 2. The molecule has 0 radical (unpaired) electrons. The summed E-state index contributed by atoms with van der Waals surface area (Å²) in [6.45, 7) is 9.30. The van der Waals surface area contributed by atoms with Crippen LogP contribution in [0.2, 0.25) is 5.02 Å². The lowest BCUT2D eigenvalue weighted by molar-refractivity contribution is -0.140. The van der Waals surface area contributed by atoms with E-state index in [2.05, 4.69) is 34.3 Å². The van der Waals surface area contributed by atoms with Crippen molar-refractivity contribution < 1.29 is 9.59 Å².